The number of carbonyl (C=O) groups is 1. The lowest BCUT2D eigenvalue weighted by molar-refractivity contribution is -0.126. The zero-order valence-corrected chi connectivity index (χ0v) is 11.9. The molecule has 0 bridgehead atoms. The van der Waals surface area contributed by atoms with Crippen LogP contribution >= 0.6 is 0 Å². The Hall–Kier alpha value is -1.43. The van der Waals surface area contributed by atoms with Crippen LogP contribution in [0.2, 0.25) is 0 Å². The normalized spacial score (nSPS) is 23.5. The molecule has 5 heteroatoms. The van der Waals surface area contributed by atoms with E-state index in [1.54, 1.807) is 0 Å². The van der Waals surface area contributed by atoms with Gasteiger partial charge in [0.2, 0.25) is 5.91 Å². The summed E-state index contributed by atoms with van der Waals surface area (Å²) in [5, 5.41) is 2.94. The third-order valence-corrected chi connectivity index (χ3v) is 3.36. The molecule has 1 aliphatic rings. The van der Waals surface area contributed by atoms with Crippen LogP contribution in [0.25, 0.3) is 0 Å². The molecule has 1 aliphatic heterocycles. The molecule has 110 valence electrons. The van der Waals surface area contributed by atoms with Crippen LogP contribution in [-0.2, 0) is 16.1 Å². The number of nitrogens with two attached hydrogens (primary N) is 1. The van der Waals surface area contributed by atoms with Crippen molar-refractivity contribution in [1.29, 1.82) is 0 Å². The summed E-state index contributed by atoms with van der Waals surface area (Å²) in [6.07, 6.45) is 0.153. The van der Waals surface area contributed by atoms with E-state index in [2.05, 4.69) is 10.2 Å². The molecular formula is C15H23N3O2. The lowest BCUT2D eigenvalue weighted by atomic mass is 10.2. The quantitative estimate of drug-likeness (QED) is 0.815. The number of amides is 1. The molecule has 0 aliphatic carbocycles. The van der Waals surface area contributed by atoms with E-state index in [4.69, 9.17) is 10.5 Å². The highest BCUT2D eigenvalue weighted by Crippen LogP contribution is 2.09. The van der Waals surface area contributed by atoms with E-state index < -0.39 is 0 Å². The van der Waals surface area contributed by atoms with Crippen molar-refractivity contribution in [2.45, 2.75) is 25.7 Å². The van der Waals surface area contributed by atoms with Crippen molar-refractivity contribution in [2.75, 3.05) is 26.2 Å². The zero-order chi connectivity index (χ0) is 14.4. The Labute approximate surface area is 120 Å². The fourth-order valence-electron chi connectivity index (χ4n) is 2.46. The highest BCUT2D eigenvalue weighted by atomic mass is 16.5. The molecule has 2 rings (SSSR count). The van der Waals surface area contributed by atoms with Gasteiger partial charge in [-0.05, 0) is 12.5 Å². The highest BCUT2D eigenvalue weighted by Gasteiger charge is 2.25. The number of hydrogen-bond acceptors (Lipinski definition) is 4. The van der Waals surface area contributed by atoms with Gasteiger partial charge in [-0.25, -0.2) is 0 Å². The Balaban J connectivity index is 1.76. The standard InChI is InChI=1S/C15H23N3O2/c1-12-9-18(10-14(7-16)20-12)11-15(19)17-8-13-5-3-2-4-6-13/h2-6,12,14H,7-11,16H2,1H3,(H,17,19). The number of carbonyl (C=O) groups excluding carboxylic acids is 1. The molecule has 0 radical (unpaired) electrons. The minimum absolute atomic E-state index is 0.0284. The Bertz CT molecular complexity index is 424. The van der Waals surface area contributed by atoms with Crippen LogP contribution in [-0.4, -0.2) is 49.2 Å². The molecule has 2 unspecified atom stereocenters. The van der Waals surface area contributed by atoms with Gasteiger partial charge >= 0.3 is 0 Å². The van der Waals surface area contributed by atoms with Crippen molar-refractivity contribution in [3.05, 3.63) is 35.9 Å². The molecule has 3 N–H and O–H groups in total. The maximum Gasteiger partial charge on any atom is 0.234 e. The van der Waals surface area contributed by atoms with Crippen LogP contribution in [0.5, 0.6) is 0 Å². The predicted octanol–water partition coefficient (Wildman–Crippen LogP) is 0.351. The van der Waals surface area contributed by atoms with Crippen LogP contribution in [0, 0.1) is 0 Å². The van der Waals surface area contributed by atoms with Gasteiger partial charge in [0.05, 0.1) is 18.8 Å². The molecule has 2 atom stereocenters. The van der Waals surface area contributed by atoms with Gasteiger partial charge in [-0.15, -0.1) is 0 Å². The van der Waals surface area contributed by atoms with Gasteiger partial charge < -0.3 is 15.8 Å². The summed E-state index contributed by atoms with van der Waals surface area (Å²) in [6.45, 7) is 4.97. The molecule has 1 fully saturated rings. The minimum Gasteiger partial charge on any atom is -0.371 e. The smallest absolute Gasteiger partial charge is 0.234 e. The van der Waals surface area contributed by atoms with Crippen LogP contribution in [0.15, 0.2) is 30.3 Å². The molecule has 0 saturated carbocycles. The van der Waals surface area contributed by atoms with Crippen LogP contribution < -0.4 is 11.1 Å². The van der Waals surface area contributed by atoms with E-state index in [1.807, 2.05) is 37.3 Å². The molecule has 0 spiro atoms. The Morgan fingerprint density at radius 3 is 2.85 bits per heavy atom. The number of morpholine rings is 1. The van der Waals surface area contributed by atoms with E-state index >= 15 is 0 Å². The number of nitrogens with zero attached hydrogens (tertiary/aromatic N) is 1. The van der Waals surface area contributed by atoms with Gasteiger partial charge in [0.15, 0.2) is 0 Å². The van der Waals surface area contributed by atoms with E-state index in [0.29, 0.717) is 19.6 Å². The van der Waals surface area contributed by atoms with Crippen molar-refractivity contribution in [1.82, 2.24) is 10.2 Å². The predicted molar refractivity (Wildman–Crippen MR) is 78.1 cm³/mol. The summed E-state index contributed by atoms with van der Waals surface area (Å²) in [4.78, 5) is 14.1. The second-order valence-electron chi connectivity index (χ2n) is 5.26. The maximum atomic E-state index is 12.0. The molecular weight excluding hydrogens is 254 g/mol. The fourth-order valence-corrected chi connectivity index (χ4v) is 2.46. The van der Waals surface area contributed by atoms with Gasteiger partial charge in [-0.2, -0.15) is 0 Å². The van der Waals surface area contributed by atoms with Gasteiger partial charge in [0.1, 0.15) is 0 Å². The summed E-state index contributed by atoms with van der Waals surface area (Å²) >= 11 is 0. The van der Waals surface area contributed by atoms with Crippen LogP contribution in [0.4, 0.5) is 0 Å². The highest BCUT2D eigenvalue weighted by molar-refractivity contribution is 5.78. The second kappa shape index (κ2) is 7.38. The second-order valence-corrected chi connectivity index (χ2v) is 5.26. The van der Waals surface area contributed by atoms with Crippen molar-refractivity contribution >= 4 is 5.91 Å². The summed E-state index contributed by atoms with van der Waals surface area (Å²) < 4.78 is 5.68. The first-order chi connectivity index (χ1) is 9.67. The third kappa shape index (κ3) is 4.59. The van der Waals surface area contributed by atoms with Crippen molar-refractivity contribution in [3.8, 4) is 0 Å². The van der Waals surface area contributed by atoms with Crippen LogP contribution in [0.3, 0.4) is 0 Å². The van der Waals surface area contributed by atoms with Crippen LogP contribution in [0.1, 0.15) is 12.5 Å². The fraction of sp³-hybridized carbons (Fsp3) is 0.533. The van der Waals surface area contributed by atoms with Gasteiger partial charge in [-0.1, -0.05) is 30.3 Å². The first kappa shape index (κ1) is 15.0. The lowest BCUT2D eigenvalue weighted by Crippen LogP contribution is -2.51. The van der Waals surface area contributed by atoms with Crippen molar-refractivity contribution in [3.63, 3.8) is 0 Å². The van der Waals surface area contributed by atoms with Gasteiger partial charge in [0.25, 0.3) is 0 Å². The Morgan fingerprint density at radius 2 is 2.15 bits per heavy atom. The molecule has 1 amide bonds. The Kier molecular flexibility index (Phi) is 5.52. The maximum absolute atomic E-state index is 12.0. The SMILES string of the molecule is CC1CN(CC(=O)NCc2ccccc2)CC(CN)O1. The summed E-state index contributed by atoms with van der Waals surface area (Å²) in [7, 11) is 0. The molecule has 1 aromatic carbocycles. The number of rotatable bonds is 5. The molecule has 1 heterocycles. The molecule has 1 saturated heterocycles. The third-order valence-electron chi connectivity index (χ3n) is 3.36. The topological polar surface area (TPSA) is 67.6 Å². The lowest BCUT2D eigenvalue weighted by Gasteiger charge is -2.35. The monoisotopic (exact) mass is 277 g/mol. The molecule has 0 aromatic heterocycles. The number of hydrogen-bond donors (Lipinski definition) is 2. The summed E-state index contributed by atoms with van der Waals surface area (Å²) in [6, 6.07) is 9.91. The molecule has 5 nitrogen and oxygen atoms in total. The van der Waals surface area contributed by atoms with E-state index in [9.17, 15) is 4.79 Å². The minimum atomic E-state index is 0.0284. The average Bonchev–Trinajstić information content (AvgIpc) is 2.45. The molecule has 1 aromatic rings. The van der Waals surface area contributed by atoms with Gasteiger partial charge in [-0.3, -0.25) is 9.69 Å². The Morgan fingerprint density at radius 1 is 1.40 bits per heavy atom. The summed E-state index contributed by atoms with van der Waals surface area (Å²) in [5.41, 5.74) is 6.75. The number of nitrogens with one attached hydrogen (secondary N) is 1. The van der Waals surface area contributed by atoms with Gasteiger partial charge in [0, 0.05) is 26.2 Å². The van der Waals surface area contributed by atoms with Crippen molar-refractivity contribution < 1.29 is 9.53 Å². The first-order valence-corrected chi connectivity index (χ1v) is 7.06. The largest absolute Gasteiger partial charge is 0.371 e. The summed E-state index contributed by atoms with van der Waals surface area (Å²) in [5.74, 6) is 0.0405. The zero-order valence-electron chi connectivity index (χ0n) is 11.9. The van der Waals surface area contributed by atoms with E-state index in [-0.39, 0.29) is 18.1 Å². The molecule has 20 heavy (non-hydrogen) atoms. The average molecular weight is 277 g/mol. The van der Waals surface area contributed by atoms with E-state index in [0.717, 1.165) is 18.7 Å². The van der Waals surface area contributed by atoms with Crippen molar-refractivity contribution in [2.24, 2.45) is 5.73 Å². The number of benzene rings is 1. The first-order valence-electron chi connectivity index (χ1n) is 7.06. The number of ether oxygens (including phenoxy) is 1. The van der Waals surface area contributed by atoms with E-state index in [1.165, 1.54) is 0 Å².